The number of anilines is 1. The summed E-state index contributed by atoms with van der Waals surface area (Å²) in [6.45, 7) is 11.7. The SMILES string of the molecule is CCn1cc(C)c2nc(-c3ccc(C(C)C)nc3N(C)C)c(C)cc21. The summed E-state index contributed by atoms with van der Waals surface area (Å²) in [6.07, 6.45) is 2.19. The molecule has 0 aliphatic heterocycles. The summed E-state index contributed by atoms with van der Waals surface area (Å²) < 4.78 is 2.27. The summed E-state index contributed by atoms with van der Waals surface area (Å²) in [5.74, 6) is 1.39. The first kappa shape index (κ1) is 17.5. The molecule has 0 unspecified atom stereocenters. The molecule has 0 saturated heterocycles. The third-order valence-corrected chi connectivity index (χ3v) is 4.73. The van der Waals surface area contributed by atoms with Crippen LogP contribution >= 0.6 is 0 Å². The predicted molar refractivity (Wildman–Crippen MR) is 107 cm³/mol. The lowest BCUT2D eigenvalue weighted by molar-refractivity contribution is 0.795. The fourth-order valence-corrected chi connectivity index (χ4v) is 3.32. The van der Waals surface area contributed by atoms with E-state index in [1.54, 1.807) is 0 Å². The molecule has 0 bridgehead atoms. The molecule has 3 aromatic rings. The van der Waals surface area contributed by atoms with Crippen LogP contribution < -0.4 is 4.90 Å². The Balaban J connectivity index is 2.25. The molecule has 0 radical (unpaired) electrons. The van der Waals surface area contributed by atoms with Gasteiger partial charge in [0.15, 0.2) is 0 Å². The molecule has 4 heteroatoms. The molecule has 0 saturated carbocycles. The Labute approximate surface area is 150 Å². The molecule has 0 aliphatic rings. The monoisotopic (exact) mass is 336 g/mol. The Kier molecular flexibility index (Phi) is 4.55. The second-order valence-electron chi connectivity index (χ2n) is 7.28. The Morgan fingerprint density at radius 1 is 1.08 bits per heavy atom. The smallest absolute Gasteiger partial charge is 0.137 e. The molecular formula is C21H28N4. The predicted octanol–water partition coefficient (Wildman–Crippen LogP) is 4.92. The Hall–Kier alpha value is -2.36. The number of rotatable bonds is 4. The van der Waals surface area contributed by atoms with Crippen molar-refractivity contribution >= 4 is 16.9 Å². The summed E-state index contributed by atoms with van der Waals surface area (Å²) in [7, 11) is 4.09. The van der Waals surface area contributed by atoms with Gasteiger partial charge in [-0.15, -0.1) is 0 Å². The minimum Gasteiger partial charge on any atom is -0.362 e. The zero-order valence-corrected chi connectivity index (χ0v) is 16.4. The normalized spacial score (nSPS) is 11.5. The third-order valence-electron chi connectivity index (χ3n) is 4.73. The lowest BCUT2D eigenvalue weighted by Gasteiger charge is -2.19. The van der Waals surface area contributed by atoms with Crippen molar-refractivity contribution < 1.29 is 0 Å². The third kappa shape index (κ3) is 3.01. The standard InChI is InChI=1S/C21H28N4/c1-8-25-12-15(5)20-18(25)11-14(4)19(23-20)16-9-10-17(13(2)3)22-21(16)24(6)7/h9-13H,8H2,1-7H3. The molecule has 0 atom stereocenters. The summed E-state index contributed by atoms with van der Waals surface area (Å²) >= 11 is 0. The number of nitrogens with zero attached hydrogens (tertiary/aromatic N) is 4. The maximum Gasteiger partial charge on any atom is 0.137 e. The molecule has 0 aliphatic carbocycles. The maximum atomic E-state index is 5.04. The van der Waals surface area contributed by atoms with Crippen molar-refractivity contribution in [2.45, 2.75) is 47.1 Å². The fourth-order valence-electron chi connectivity index (χ4n) is 3.32. The van der Waals surface area contributed by atoms with Crippen LogP contribution in [-0.4, -0.2) is 28.6 Å². The molecule has 25 heavy (non-hydrogen) atoms. The van der Waals surface area contributed by atoms with Gasteiger partial charge in [0, 0.05) is 38.1 Å². The molecule has 4 nitrogen and oxygen atoms in total. The molecule has 0 aromatic carbocycles. The summed E-state index contributed by atoms with van der Waals surface area (Å²) in [5, 5.41) is 0. The number of hydrogen-bond acceptors (Lipinski definition) is 3. The molecule has 0 N–H and O–H groups in total. The van der Waals surface area contributed by atoms with E-state index >= 15 is 0 Å². The Morgan fingerprint density at radius 3 is 2.40 bits per heavy atom. The van der Waals surface area contributed by atoms with Crippen LogP contribution in [0, 0.1) is 13.8 Å². The van der Waals surface area contributed by atoms with Gasteiger partial charge in [0.25, 0.3) is 0 Å². The van der Waals surface area contributed by atoms with Gasteiger partial charge in [0.05, 0.1) is 16.7 Å². The van der Waals surface area contributed by atoms with Crippen molar-refractivity contribution in [1.29, 1.82) is 0 Å². The van der Waals surface area contributed by atoms with E-state index < -0.39 is 0 Å². The van der Waals surface area contributed by atoms with Crippen molar-refractivity contribution in [3.63, 3.8) is 0 Å². The highest BCUT2D eigenvalue weighted by Crippen LogP contribution is 2.33. The van der Waals surface area contributed by atoms with E-state index in [4.69, 9.17) is 9.97 Å². The number of aromatic nitrogens is 3. The summed E-state index contributed by atoms with van der Waals surface area (Å²) in [4.78, 5) is 12.0. The van der Waals surface area contributed by atoms with Gasteiger partial charge < -0.3 is 9.47 Å². The average molecular weight is 336 g/mol. The first-order valence-corrected chi connectivity index (χ1v) is 8.99. The molecule has 0 amide bonds. The van der Waals surface area contributed by atoms with Gasteiger partial charge >= 0.3 is 0 Å². The molecule has 3 aromatic heterocycles. The van der Waals surface area contributed by atoms with E-state index in [1.165, 1.54) is 16.6 Å². The minimum absolute atomic E-state index is 0.408. The van der Waals surface area contributed by atoms with E-state index in [9.17, 15) is 0 Å². The lowest BCUT2D eigenvalue weighted by atomic mass is 10.0. The quantitative estimate of drug-likeness (QED) is 0.678. The van der Waals surface area contributed by atoms with E-state index in [1.807, 2.05) is 14.1 Å². The molecule has 132 valence electrons. The van der Waals surface area contributed by atoms with Gasteiger partial charge in [-0.25, -0.2) is 9.97 Å². The Morgan fingerprint density at radius 2 is 1.80 bits per heavy atom. The second-order valence-corrected chi connectivity index (χ2v) is 7.28. The van der Waals surface area contributed by atoms with Crippen molar-refractivity contribution in [3.05, 3.63) is 41.2 Å². The number of pyridine rings is 2. The summed E-state index contributed by atoms with van der Waals surface area (Å²) in [6, 6.07) is 6.55. The van der Waals surface area contributed by atoms with Crippen molar-refractivity contribution in [1.82, 2.24) is 14.5 Å². The highest BCUT2D eigenvalue weighted by Gasteiger charge is 2.17. The van der Waals surface area contributed by atoms with Crippen LogP contribution in [0.4, 0.5) is 5.82 Å². The lowest BCUT2D eigenvalue weighted by Crippen LogP contribution is -2.14. The topological polar surface area (TPSA) is 34.0 Å². The van der Waals surface area contributed by atoms with Gasteiger partial charge in [0.2, 0.25) is 0 Å². The average Bonchev–Trinajstić information content (AvgIpc) is 2.88. The van der Waals surface area contributed by atoms with Crippen LogP contribution in [-0.2, 0) is 6.54 Å². The molecule has 3 rings (SSSR count). The highest BCUT2D eigenvalue weighted by molar-refractivity contribution is 5.86. The minimum atomic E-state index is 0.408. The first-order valence-electron chi connectivity index (χ1n) is 8.99. The van der Waals surface area contributed by atoms with E-state index in [-0.39, 0.29) is 0 Å². The van der Waals surface area contributed by atoms with Gasteiger partial charge in [-0.1, -0.05) is 13.8 Å². The van der Waals surface area contributed by atoms with Crippen LogP contribution in [0.5, 0.6) is 0 Å². The number of aryl methyl sites for hydroxylation is 3. The number of hydrogen-bond donors (Lipinski definition) is 0. The van der Waals surface area contributed by atoms with Crippen LogP contribution in [0.15, 0.2) is 24.4 Å². The summed E-state index contributed by atoms with van der Waals surface area (Å²) in [5.41, 5.74) is 7.92. The van der Waals surface area contributed by atoms with Gasteiger partial charge in [0.1, 0.15) is 5.82 Å². The van der Waals surface area contributed by atoms with Crippen molar-refractivity contribution in [2.75, 3.05) is 19.0 Å². The van der Waals surface area contributed by atoms with Crippen LogP contribution in [0.2, 0.25) is 0 Å². The fraction of sp³-hybridized carbons (Fsp3) is 0.429. The largest absolute Gasteiger partial charge is 0.362 e. The zero-order chi connectivity index (χ0) is 18.3. The van der Waals surface area contributed by atoms with Gasteiger partial charge in [-0.3, -0.25) is 0 Å². The van der Waals surface area contributed by atoms with Gasteiger partial charge in [-0.2, -0.15) is 0 Å². The maximum absolute atomic E-state index is 5.04. The highest BCUT2D eigenvalue weighted by atomic mass is 15.1. The van der Waals surface area contributed by atoms with Gasteiger partial charge in [-0.05, 0) is 56.0 Å². The second kappa shape index (κ2) is 6.51. The number of fused-ring (bicyclic) bond motifs is 1. The van der Waals surface area contributed by atoms with Crippen molar-refractivity contribution in [2.24, 2.45) is 0 Å². The van der Waals surface area contributed by atoms with Crippen LogP contribution in [0.25, 0.3) is 22.3 Å². The molecule has 0 fully saturated rings. The van der Waals surface area contributed by atoms with E-state index in [2.05, 4.69) is 68.5 Å². The van der Waals surface area contributed by atoms with E-state index in [0.717, 1.165) is 34.8 Å². The Bertz CT molecular complexity index is 919. The van der Waals surface area contributed by atoms with E-state index in [0.29, 0.717) is 5.92 Å². The molecule has 3 heterocycles. The molecule has 0 spiro atoms. The first-order chi connectivity index (χ1) is 11.8. The van der Waals surface area contributed by atoms with Crippen LogP contribution in [0.3, 0.4) is 0 Å². The van der Waals surface area contributed by atoms with Crippen molar-refractivity contribution in [3.8, 4) is 11.3 Å². The van der Waals surface area contributed by atoms with Crippen LogP contribution in [0.1, 0.15) is 43.5 Å². The molecular weight excluding hydrogens is 308 g/mol. The zero-order valence-electron chi connectivity index (χ0n) is 16.4.